The molecule has 0 aliphatic carbocycles. The zero-order valence-corrected chi connectivity index (χ0v) is 16.2. The van der Waals surface area contributed by atoms with Gasteiger partial charge in [-0.05, 0) is 30.3 Å². The first kappa shape index (κ1) is 18.7. The maximum atomic E-state index is 12.8. The number of para-hydroxylation sites is 1. The number of benzene rings is 2. The van der Waals surface area contributed by atoms with E-state index in [1.807, 2.05) is 24.3 Å². The van der Waals surface area contributed by atoms with Crippen LogP contribution in [0.1, 0.15) is 10.4 Å². The van der Waals surface area contributed by atoms with Gasteiger partial charge in [0, 0.05) is 38.3 Å². The smallest absolute Gasteiger partial charge is 0.255 e. The van der Waals surface area contributed by atoms with Crippen molar-refractivity contribution >= 4 is 28.9 Å². The van der Waals surface area contributed by atoms with Gasteiger partial charge in [-0.2, -0.15) is 0 Å². The van der Waals surface area contributed by atoms with E-state index in [4.69, 9.17) is 21.1 Å². The van der Waals surface area contributed by atoms with Gasteiger partial charge in [0.1, 0.15) is 0 Å². The number of nitrogens with zero attached hydrogens (tertiary/aromatic N) is 2. The van der Waals surface area contributed by atoms with Crippen LogP contribution in [0.2, 0.25) is 5.02 Å². The summed E-state index contributed by atoms with van der Waals surface area (Å²) in [6.07, 6.45) is 1.92. The Balaban J connectivity index is 1.53. The van der Waals surface area contributed by atoms with Crippen LogP contribution in [-0.2, 0) is 0 Å². The molecule has 0 saturated carbocycles. The van der Waals surface area contributed by atoms with Crippen molar-refractivity contribution in [2.24, 2.45) is 0 Å². The summed E-state index contributed by atoms with van der Waals surface area (Å²) < 4.78 is 10.7. The topological polar surface area (TPSA) is 54.0 Å². The van der Waals surface area contributed by atoms with E-state index >= 15 is 0 Å². The zero-order chi connectivity index (χ0) is 19.5. The van der Waals surface area contributed by atoms with Gasteiger partial charge in [0.2, 0.25) is 6.79 Å². The predicted molar refractivity (Wildman–Crippen MR) is 111 cm³/mol. The molecule has 0 atom stereocenters. The lowest BCUT2D eigenvalue weighted by Crippen LogP contribution is -2.46. The second kappa shape index (κ2) is 8.12. The van der Waals surface area contributed by atoms with Crippen molar-refractivity contribution in [3.63, 3.8) is 0 Å². The molecule has 0 aromatic heterocycles. The van der Waals surface area contributed by atoms with Crippen LogP contribution in [0.3, 0.4) is 0 Å². The molecule has 0 unspecified atom stereocenters. The van der Waals surface area contributed by atoms with Crippen LogP contribution in [0.25, 0.3) is 0 Å². The maximum Gasteiger partial charge on any atom is 0.255 e. The highest BCUT2D eigenvalue weighted by Gasteiger charge is 2.22. The maximum absolute atomic E-state index is 12.8. The van der Waals surface area contributed by atoms with E-state index in [0.29, 0.717) is 27.8 Å². The Labute approximate surface area is 169 Å². The first-order valence-corrected chi connectivity index (χ1v) is 9.61. The van der Waals surface area contributed by atoms with Crippen molar-refractivity contribution in [1.82, 2.24) is 4.90 Å². The normalized spacial score (nSPS) is 16.1. The number of carbonyl (C=O) groups excluding carboxylic acids is 1. The molecule has 2 aromatic rings. The molecular weight excluding hydrogens is 378 g/mol. The summed E-state index contributed by atoms with van der Waals surface area (Å²) in [5.74, 6) is 1.02. The van der Waals surface area contributed by atoms with Gasteiger partial charge >= 0.3 is 0 Å². The van der Waals surface area contributed by atoms with Crippen molar-refractivity contribution < 1.29 is 14.3 Å². The van der Waals surface area contributed by atoms with Crippen molar-refractivity contribution in [3.05, 3.63) is 59.6 Å². The quantitative estimate of drug-likeness (QED) is 0.778. The van der Waals surface area contributed by atoms with Crippen LogP contribution < -0.4 is 19.7 Å². The fourth-order valence-corrected chi connectivity index (χ4v) is 3.80. The summed E-state index contributed by atoms with van der Waals surface area (Å²) >= 11 is 6.51. The summed E-state index contributed by atoms with van der Waals surface area (Å²) in [7, 11) is 0. The molecule has 0 bridgehead atoms. The minimum Gasteiger partial charge on any atom is -0.454 e. The van der Waals surface area contributed by atoms with E-state index in [-0.39, 0.29) is 12.7 Å². The number of hydrogen-bond acceptors (Lipinski definition) is 5. The number of hydrogen-bond donors (Lipinski definition) is 1. The third-order valence-electron chi connectivity index (χ3n) is 4.95. The van der Waals surface area contributed by atoms with E-state index in [1.54, 1.807) is 18.2 Å². The molecule has 0 spiro atoms. The number of anilines is 2. The molecule has 6 nitrogen and oxygen atoms in total. The Bertz CT molecular complexity index is 894. The number of amides is 1. The van der Waals surface area contributed by atoms with Crippen molar-refractivity contribution in [2.45, 2.75) is 0 Å². The van der Waals surface area contributed by atoms with Gasteiger partial charge in [0.05, 0.1) is 16.4 Å². The van der Waals surface area contributed by atoms with E-state index in [0.717, 1.165) is 38.4 Å². The summed E-state index contributed by atoms with van der Waals surface area (Å²) in [5, 5.41) is 3.63. The van der Waals surface area contributed by atoms with Crippen LogP contribution in [0.4, 0.5) is 11.4 Å². The minimum absolute atomic E-state index is 0.177. The summed E-state index contributed by atoms with van der Waals surface area (Å²) in [5.41, 5.74) is 2.06. The van der Waals surface area contributed by atoms with Crippen LogP contribution in [0, 0.1) is 0 Å². The van der Waals surface area contributed by atoms with E-state index in [9.17, 15) is 4.79 Å². The average Bonchev–Trinajstić information content (AvgIpc) is 3.17. The highest BCUT2D eigenvalue weighted by Crippen LogP contribution is 2.36. The Morgan fingerprint density at radius 3 is 2.71 bits per heavy atom. The summed E-state index contributed by atoms with van der Waals surface area (Å²) in [6, 6.07) is 10.7. The molecule has 1 N–H and O–H groups in total. The summed E-state index contributed by atoms with van der Waals surface area (Å²) in [4.78, 5) is 17.4. The van der Waals surface area contributed by atoms with E-state index in [2.05, 4.69) is 21.7 Å². The van der Waals surface area contributed by atoms with Crippen LogP contribution in [0.15, 0.2) is 49.1 Å². The molecule has 146 valence electrons. The van der Waals surface area contributed by atoms with Gasteiger partial charge < -0.3 is 19.7 Å². The second-order valence-electron chi connectivity index (χ2n) is 6.73. The van der Waals surface area contributed by atoms with Gasteiger partial charge in [0.25, 0.3) is 5.91 Å². The van der Waals surface area contributed by atoms with Gasteiger partial charge in [-0.3, -0.25) is 9.69 Å². The highest BCUT2D eigenvalue weighted by atomic mass is 35.5. The molecule has 0 radical (unpaired) electrons. The Morgan fingerprint density at radius 1 is 1.14 bits per heavy atom. The molecule has 4 rings (SSSR count). The number of carbonyl (C=O) groups is 1. The number of fused-ring (bicyclic) bond motifs is 1. The third-order valence-corrected chi connectivity index (χ3v) is 5.25. The number of ether oxygens (including phenoxy) is 2. The zero-order valence-electron chi connectivity index (χ0n) is 15.5. The third kappa shape index (κ3) is 3.79. The van der Waals surface area contributed by atoms with E-state index < -0.39 is 0 Å². The van der Waals surface area contributed by atoms with Crippen molar-refractivity contribution in [2.75, 3.05) is 49.7 Å². The van der Waals surface area contributed by atoms with Gasteiger partial charge in [-0.15, -0.1) is 6.58 Å². The van der Waals surface area contributed by atoms with Crippen molar-refractivity contribution in [3.8, 4) is 11.5 Å². The predicted octanol–water partition coefficient (Wildman–Crippen LogP) is 3.63. The van der Waals surface area contributed by atoms with Gasteiger partial charge in [0.15, 0.2) is 11.5 Å². The molecule has 1 fully saturated rings. The molecular formula is C21H22ClN3O3. The summed E-state index contributed by atoms with van der Waals surface area (Å²) in [6.45, 7) is 8.38. The molecule has 2 aromatic carbocycles. The lowest BCUT2D eigenvalue weighted by Gasteiger charge is -2.36. The minimum atomic E-state index is -0.216. The first-order valence-electron chi connectivity index (χ1n) is 9.23. The molecule has 28 heavy (non-hydrogen) atoms. The van der Waals surface area contributed by atoms with Gasteiger partial charge in [-0.25, -0.2) is 0 Å². The van der Waals surface area contributed by atoms with Crippen LogP contribution in [-0.4, -0.2) is 50.3 Å². The number of rotatable bonds is 5. The average molecular weight is 400 g/mol. The largest absolute Gasteiger partial charge is 0.454 e. The molecule has 1 amide bonds. The Hall–Kier alpha value is -2.70. The lowest BCUT2D eigenvalue weighted by molar-refractivity contribution is 0.102. The van der Waals surface area contributed by atoms with Gasteiger partial charge in [-0.1, -0.05) is 23.7 Å². The highest BCUT2D eigenvalue weighted by molar-refractivity contribution is 6.34. The molecule has 2 aliphatic rings. The van der Waals surface area contributed by atoms with Crippen LogP contribution >= 0.6 is 11.6 Å². The fourth-order valence-electron chi connectivity index (χ4n) is 3.51. The second-order valence-corrected chi connectivity index (χ2v) is 7.14. The molecule has 2 heterocycles. The molecule has 2 aliphatic heterocycles. The first-order chi connectivity index (χ1) is 13.7. The SMILES string of the molecule is C=CCN1CCN(c2c(Cl)cccc2NC(=O)c2ccc3c(c2)OCO3)CC1. The van der Waals surface area contributed by atoms with Crippen LogP contribution in [0.5, 0.6) is 11.5 Å². The van der Waals surface area contributed by atoms with Crippen molar-refractivity contribution in [1.29, 1.82) is 0 Å². The standard InChI is InChI=1S/C21H22ClN3O3/c1-2-8-24-9-11-25(12-10-24)20-16(22)4-3-5-17(20)23-21(26)15-6-7-18-19(13-15)28-14-27-18/h2-7,13H,1,8-12,14H2,(H,23,26). The number of halogens is 1. The fraction of sp³-hybridized carbons (Fsp3) is 0.286. The Kier molecular flexibility index (Phi) is 5.41. The number of nitrogens with one attached hydrogen (secondary N) is 1. The molecule has 1 saturated heterocycles. The number of piperazine rings is 1. The monoisotopic (exact) mass is 399 g/mol. The van der Waals surface area contributed by atoms with E-state index in [1.165, 1.54) is 0 Å². The Morgan fingerprint density at radius 2 is 1.93 bits per heavy atom. The molecule has 7 heteroatoms. The lowest BCUT2D eigenvalue weighted by atomic mass is 10.1.